The number of nitrogens with one attached hydrogen (secondary N) is 1. The molecule has 2 aliphatic heterocycles. The Morgan fingerprint density at radius 2 is 2.21 bits per heavy atom. The van der Waals surface area contributed by atoms with E-state index in [9.17, 15) is 0 Å². The van der Waals surface area contributed by atoms with Crippen LogP contribution in [0.3, 0.4) is 0 Å². The lowest BCUT2D eigenvalue weighted by atomic mass is 9.99. The topological polar surface area (TPSA) is 15.3 Å². The smallest absolute Gasteiger partial charge is 0.0376 e. The van der Waals surface area contributed by atoms with Crippen molar-refractivity contribution in [1.29, 1.82) is 0 Å². The van der Waals surface area contributed by atoms with Crippen molar-refractivity contribution in [1.82, 2.24) is 4.90 Å². The average Bonchev–Trinajstić information content (AvgIpc) is 3.06. The first-order valence-corrected chi connectivity index (χ1v) is 7.88. The molecule has 0 fully saturated rings. The molecule has 1 aromatic heterocycles. The number of rotatable bonds is 2. The molecule has 2 nitrogen and oxygen atoms in total. The van der Waals surface area contributed by atoms with Gasteiger partial charge in [0.2, 0.25) is 0 Å². The summed E-state index contributed by atoms with van der Waals surface area (Å²) in [6, 6.07) is 11.0. The van der Waals surface area contributed by atoms with E-state index >= 15 is 0 Å². The fourth-order valence-electron chi connectivity index (χ4n) is 3.29. The molecule has 4 rings (SSSR count). The standard InChI is InChI=1S/C16H18N2S/c1-2-4-15-14(3-1)13(9-17-15)11-18-7-5-16-12(10-18)6-8-19-16/h1-4,6,8,13,17H,5,7,9-11H2. The summed E-state index contributed by atoms with van der Waals surface area (Å²) in [6.07, 6.45) is 1.23. The molecule has 2 aliphatic rings. The van der Waals surface area contributed by atoms with Crippen LogP contribution in [-0.2, 0) is 13.0 Å². The van der Waals surface area contributed by atoms with Crippen LogP contribution in [0.2, 0.25) is 0 Å². The molecule has 0 amide bonds. The zero-order valence-corrected chi connectivity index (χ0v) is 11.7. The first-order valence-electron chi connectivity index (χ1n) is 7.00. The van der Waals surface area contributed by atoms with E-state index in [1.54, 1.807) is 10.4 Å². The highest BCUT2D eigenvalue weighted by Gasteiger charge is 2.25. The molecule has 19 heavy (non-hydrogen) atoms. The molecular weight excluding hydrogens is 252 g/mol. The van der Waals surface area contributed by atoms with Crippen LogP contribution in [0.25, 0.3) is 0 Å². The van der Waals surface area contributed by atoms with Crippen molar-refractivity contribution >= 4 is 17.0 Å². The SMILES string of the molecule is c1ccc2c(c1)NCC2CN1CCc2sccc2C1. The normalized spacial score (nSPS) is 21.8. The summed E-state index contributed by atoms with van der Waals surface area (Å²) in [4.78, 5) is 4.21. The number of anilines is 1. The van der Waals surface area contributed by atoms with Crippen molar-refractivity contribution in [3.8, 4) is 0 Å². The maximum atomic E-state index is 3.53. The van der Waals surface area contributed by atoms with Crippen LogP contribution in [0.1, 0.15) is 21.9 Å². The van der Waals surface area contributed by atoms with Crippen LogP contribution in [0.15, 0.2) is 35.7 Å². The zero-order chi connectivity index (χ0) is 12.7. The van der Waals surface area contributed by atoms with Gasteiger partial charge in [0, 0.05) is 42.7 Å². The summed E-state index contributed by atoms with van der Waals surface area (Å²) < 4.78 is 0. The Kier molecular flexibility index (Phi) is 2.82. The fraction of sp³-hybridized carbons (Fsp3) is 0.375. The molecule has 3 heteroatoms. The van der Waals surface area contributed by atoms with E-state index in [1.165, 1.54) is 30.8 Å². The molecule has 0 radical (unpaired) electrons. The highest BCUT2D eigenvalue weighted by Crippen LogP contribution is 2.33. The average molecular weight is 270 g/mol. The summed E-state index contributed by atoms with van der Waals surface area (Å²) in [7, 11) is 0. The maximum absolute atomic E-state index is 3.53. The molecule has 2 aromatic rings. The van der Waals surface area contributed by atoms with Crippen molar-refractivity contribution in [2.75, 3.05) is 25.0 Å². The first-order chi connectivity index (χ1) is 9.40. The molecule has 98 valence electrons. The van der Waals surface area contributed by atoms with Gasteiger partial charge in [-0.15, -0.1) is 11.3 Å². The van der Waals surface area contributed by atoms with Gasteiger partial charge in [-0.3, -0.25) is 4.90 Å². The molecule has 0 saturated carbocycles. The summed E-state index contributed by atoms with van der Waals surface area (Å²) in [5.74, 6) is 0.649. The predicted octanol–water partition coefficient (Wildman–Crippen LogP) is 3.32. The summed E-state index contributed by atoms with van der Waals surface area (Å²) in [5.41, 5.74) is 4.38. The van der Waals surface area contributed by atoms with Gasteiger partial charge in [-0.25, -0.2) is 0 Å². The van der Waals surface area contributed by atoms with Crippen LogP contribution in [-0.4, -0.2) is 24.5 Å². The lowest BCUT2D eigenvalue weighted by molar-refractivity contribution is 0.244. The van der Waals surface area contributed by atoms with Crippen molar-refractivity contribution < 1.29 is 0 Å². The van der Waals surface area contributed by atoms with E-state index in [0.717, 1.165) is 13.1 Å². The molecule has 1 unspecified atom stereocenters. The lowest BCUT2D eigenvalue weighted by Gasteiger charge is -2.29. The van der Waals surface area contributed by atoms with E-state index in [4.69, 9.17) is 0 Å². The largest absolute Gasteiger partial charge is 0.384 e. The molecule has 1 N–H and O–H groups in total. The molecular formula is C16H18N2S. The minimum absolute atomic E-state index is 0.649. The third-order valence-electron chi connectivity index (χ3n) is 4.30. The van der Waals surface area contributed by atoms with E-state index in [-0.39, 0.29) is 0 Å². The second-order valence-electron chi connectivity index (χ2n) is 5.52. The quantitative estimate of drug-likeness (QED) is 0.900. The van der Waals surface area contributed by atoms with Crippen molar-refractivity contribution in [3.05, 3.63) is 51.7 Å². The Morgan fingerprint density at radius 1 is 1.26 bits per heavy atom. The molecule has 0 bridgehead atoms. The van der Waals surface area contributed by atoms with Gasteiger partial charge in [0.15, 0.2) is 0 Å². The van der Waals surface area contributed by atoms with Gasteiger partial charge in [-0.2, -0.15) is 0 Å². The molecule has 1 aromatic carbocycles. The van der Waals surface area contributed by atoms with Crippen molar-refractivity contribution in [2.45, 2.75) is 18.9 Å². The van der Waals surface area contributed by atoms with Gasteiger partial charge in [0.1, 0.15) is 0 Å². The van der Waals surface area contributed by atoms with Crippen LogP contribution in [0, 0.1) is 0 Å². The summed E-state index contributed by atoms with van der Waals surface area (Å²) in [5, 5.41) is 5.77. The lowest BCUT2D eigenvalue weighted by Crippen LogP contribution is -2.33. The minimum Gasteiger partial charge on any atom is -0.384 e. The fourth-order valence-corrected chi connectivity index (χ4v) is 4.18. The number of fused-ring (bicyclic) bond motifs is 2. The van der Waals surface area contributed by atoms with Crippen LogP contribution >= 0.6 is 11.3 Å². The van der Waals surface area contributed by atoms with E-state index in [1.807, 2.05) is 11.3 Å². The van der Waals surface area contributed by atoms with Crippen LogP contribution in [0.4, 0.5) is 5.69 Å². The Hall–Kier alpha value is -1.32. The number of para-hydroxylation sites is 1. The molecule has 3 heterocycles. The maximum Gasteiger partial charge on any atom is 0.0376 e. The predicted molar refractivity (Wildman–Crippen MR) is 81.0 cm³/mol. The van der Waals surface area contributed by atoms with Gasteiger partial charge >= 0.3 is 0 Å². The van der Waals surface area contributed by atoms with E-state index < -0.39 is 0 Å². The van der Waals surface area contributed by atoms with E-state index in [0.29, 0.717) is 5.92 Å². The first kappa shape index (κ1) is 11.5. The van der Waals surface area contributed by atoms with Gasteiger partial charge in [-0.1, -0.05) is 18.2 Å². The number of hydrogen-bond acceptors (Lipinski definition) is 3. The third-order valence-corrected chi connectivity index (χ3v) is 5.33. The highest BCUT2D eigenvalue weighted by atomic mass is 32.1. The molecule has 0 aliphatic carbocycles. The minimum atomic E-state index is 0.649. The monoisotopic (exact) mass is 270 g/mol. The van der Waals surface area contributed by atoms with Gasteiger partial charge in [0.25, 0.3) is 0 Å². The molecule has 0 spiro atoms. The molecule has 1 atom stereocenters. The van der Waals surface area contributed by atoms with Crippen molar-refractivity contribution in [3.63, 3.8) is 0 Å². The zero-order valence-electron chi connectivity index (χ0n) is 10.9. The van der Waals surface area contributed by atoms with Gasteiger partial charge < -0.3 is 5.32 Å². The molecule has 0 saturated heterocycles. The van der Waals surface area contributed by atoms with Gasteiger partial charge in [-0.05, 0) is 35.1 Å². The number of hydrogen-bond donors (Lipinski definition) is 1. The Balaban J connectivity index is 1.49. The van der Waals surface area contributed by atoms with Gasteiger partial charge in [0.05, 0.1) is 0 Å². The number of nitrogens with zero attached hydrogens (tertiary/aromatic N) is 1. The van der Waals surface area contributed by atoms with Crippen molar-refractivity contribution in [2.24, 2.45) is 0 Å². The number of thiophene rings is 1. The Bertz CT molecular complexity index is 590. The second kappa shape index (κ2) is 4.66. The van der Waals surface area contributed by atoms with Crippen LogP contribution in [0.5, 0.6) is 0 Å². The van der Waals surface area contributed by atoms with Crippen LogP contribution < -0.4 is 5.32 Å². The summed E-state index contributed by atoms with van der Waals surface area (Å²) >= 11 is 1.92. The van der Waals surface area contributed by atoms with E-state index in [2.05, 4.69) is 45.9 Å². The Labute approximate surface area is 118 Å². The summed E-state index contributed by atoms with van der Waals surface area (Å²) in [6.45, 7) is 4.62. The number of benzene rings is 1. The second-order valence-corrected chi connectivity index (χ2v) is 6.52. The Morgan fingerprint density at radius 3 is 3.21 bits per heavy atom. The third kappa shape index (κ3) is 2.07. The highest BCUT2D eigenvalue weighted by molar-refractivity contribution is 7.10.